The van der Waals surface area contributed by atoms with Crippen molar-refractivity contribution >= 4 is 27.2 Å². The Hall–Kier alpha value is -1.24. The summed E-state index contributed by atoms with van der Waals surface area (Å²) in [5, 5.41) is 15.9. The van der Waals surface area contributed by atoms with Gasteiger partial charge in [-0.15, -0.1) is 16.4 Å². The van der Waals surface area contributed by atoms with Gasteiger partial charge in [0.25, 0.3) is 0 Å². The van der Waals surface area contributed by atoms with Crippen LogP contribution in [0.3, 0.4) is 0 Å². The maximum atomic E-state index is 5.50. The molecule has 1 N–H and O–H groups in total. The highest BCUT2D eigenvalue weighted by atomic mass is 32.1. The van der Waals surface area contributed by atoms with Gasteiger partial charge in [-0.1, -0.05) is 0 Å². The van der Waals surface area contributed by atoms with E-state index in [-0.39, 0.29) is 0 Å². The van der Waals surface area contributed by atoms with Gasteiger partial charge in [0.05, 0.1) is 10.4 Å². The number of likely N-dealkylation sites (tertiary alicyclic amines) is 1. The Morgan fingerprint density at radius 2 is 1.96 bits per heavy atom. The maximum absolute atomic E-state index is 5.50. The first-order valence-electron chi connectivity index (χ1n) is 10.0. The van der Waals surface area contributed by atoms with Crippen LogP contribution in [0.5, 0.6) is 0 Å². The number of nitrogens with zero attached hydrogens (tertiary/aromatic N) is 3. The van der Waals surface area contributed by atoms with Crippen LogP contribution in [-0.2, 0) is 4.74 Å². The van der Waals surface area contributed by atoms with Crippen molar-refractivity contribution in [3.05, 3.63) is 17.1 Å². The molecular weight excluding hydrogens is 344 g/mol. The minimum Gasteiger partial charge on any atom is -0.381 e. The minimum atomic E-state index is 0.551. The van der Waals surface area contributed by atoms with E-state index in [1.54, 1.807) is 11.3 Å². The van der Waals surface area contributed by atoms with Gasteiger partial charge in [-0.05, 0) is 61.8 Å². The van der Waals surface area contributed by atoms with E-state index in [1.165, 1.54) is 55.4 Å². The summed E-state index contributed by atoms with van der Waals surface area (Å²) in [4.78, 5) is 2.73. The average Bonchev–Trinajstić information content (AvgIpc) is 3.33. The van der Waals surface area contributed by atoms with Crippen molar-refractivity contribution < 1.29 is 4.74 Å². The second-order valence-corrected chi connectivity index (χ2v) is 9.32. The second kappa shape index (κ2) is 7.06. The third-order valence-corrected chi connectivity index (χ3v) is 7.60. The lowest BCUT2D eigenvalue weighted by Gasteiger charge is -2.27. The number of anilines is 1. The van der Waals surface area contributed by atoms with Gasteiger partial charge in [0.2, 0.25) is 0 Å². The van der Waals surface area contributed by atoms with Gasteiger partial charge < -0.3 is 15.0 Å². The molecule has 2 unspecified atom stereocenters. The fourth-order valence-corrected chi connectivity index (χ4v) is 6.10. The summed E-state index contributed by atoms with van der Waals surface area (Å²) in [6.45, 7) is 7.83. The van der Waals surface area contributed by atoms with Crippen LogP contribution >= 0.6 is 11.3 Å². The number of hydrogen-bond donors (Lipinski definition) is 1. The molecule has 2 saturated heterocycles. The molecular formula is C20H28N4OS. The lowest BCUT2D eigenvalue weighted by Crippen LogP contribution is -2.32. The molecule has 140 valence electrons. The molecule has 2 aromatic heterocycles. The molecule has 0 aromatic carbocycles. The van der Waals surface area contributed by atoms with Crippen molar-refractivity contribution in [1.82, 2.24) is 15.1 Å². The summed E-state index contributed by atoms with van der Waals surface area (Å²) in [6, 6.07) is 2.73. The second-order valence-electron chi connectivity index (χ2n) is 8.40. The lowest BCUT2D eigenvalue weighted by atomic mass is 10.00. The number of hydrogen-bond acceptors (Lipinski definition) is 6. The first-order valence-corrected chi connectivity index (χ1v) is 10.9. The Morgan fingerprint density at radius 3 is 2.73 bits per heavy atom. The van der Waals surface area contributed by atoms with Crippen molar-refractivity contribution in [2.75, 3.05) is 38.2 Å². The number of thiophene rings is 1. The number of aromatic nitrogens is 2. The monoisotopic (exact) mass is 372 g/mol. The smallest absolute Gasteiger partial charge is 0.157 e. The summed E-state index contributed by atoms with van der Waals surface area (Å²) in [7, 11) is 0. The van der Waals surface area contributed by atoms with Crippen molar-refractivity contribution in [3.8, 4) is 0 Å². The van der Waals surface area contributed by atoms with E-state index >= 15 is 0 Å². The quantitative estimate of drug-likeness (QED) is 0.889. The highest BCUT2D eigenvalue weighted by Gasteiger charge is 2.41. The van der Waals surface area contributed by atoms with Crippen molar-refractivity contribution in [3.63, 3.8) is 0 Å². The van der Waals surface area contributed by atoms with Gasteiger partial charge in [-0.3, -0.25) is 0 Å². The SMILES string of the molecule is Cc1nnc(NC2CC3CN(CC4CCOCC4)C[C@H]3C2)c2ccsc12. The van der Waals surface area contributed by atoms with E-state index in [2.05, 4.69) is 31.9 Å². The summed E-state index contributed by atoms with van der Waals surface area (Å²) < 4.78 is 6.77. The van der Waals surface area contributed by atoms with Gasteiger partial charge in [0, 0.05) is 44.3 Å². The van der Waals surface area contributed by atoms with Crippen LogP contribution in [-0.4, -0.2) is 54.0 Å². The molecule has 2 aliphatic heterocycles. The molecule has 0 spiro atoms. The van der Waals surface area contributed by atoms with E-state index in [0.717, 1.165) is 42.5 Å². The highest BCUT2D eigenvalue weighted by Crippen LogP contribution is 2.40. The van der Waals surface area contributed by atoms with Crippen LogP contribution < -0.4 is 5.32 Å². The molecule has 3 atom stereocenters. The summed E-state index contributed by atoms with van der Waals surface area (Å²) in [5.74, 6) is 3.54. The third-order valence-electron chi connectivity index (χ3n) is 6.57. The van der Waals surface area contributed by atoms with Gasteiger partial charge >= 0.3 is 0 Å². The molecule has 0 amide bonds. The minimum absolute atomic E-state index is 0.551. The van der Waals surface area contributed by atoms with Crippen LogP contribution in [0.1, 0.15) is 31.4 Å². The zero-order chi connectivity index (χ0) is 17.5. The zero-order valence-corrected chi connectivity index (χ0v) is 16.3. The first kappa shape index (κ1) is 16.9. The summed E-state index contributed by atoms with van der Waals surface area (Å²) >= 11 is 1.76. The Bertz CT molecular complexity index is 758. The molecule has 3 aliphatic rings. The standard InChI is InChI=1S/C20H28N4OS/c1-13-19-18(4-7-26-19)20(23-22-13)21-17-8-15-11-24(12-16(15)9-17)10-14-2-5-25-6-3-14/h4,7,14-17H,2-3,5-6,8-12H2,1H3,(H,21,23)/t15-,16?,17?/m1/s1. The van der Waals surface area contributed by atoms with Gasteiger partial charge in [-0.25, -0.2) is 0 Å². The van der Waals surface area contributed by atoms with Crippen molar-refractivity contribution in [2.45, 2.75) is 38.6 Å². The fraction of sp³-hybridized carbons (Fsp3) is 0.700. The maximum Gasteiger partial charge on any atom is 0.157 e. The van der Waals surface area contributed by atoms with Crippen LogP contribution in [0.25, 0.3) is 10.1 Å². The van der Waals surface area contributed by atoms with E-state index in [1.807, 2.05) is 6.92 Å². The van der Waals surface area contributed by atoms with Crippen molar-refractivity contribution in [2.24, 2.45) is 17.8 Å². The van der Waals surface area contributed by atoms with Crippen LogP contribution in [0.4, 0.5) is 5.82 Å². The third kappa shape index (κ3) is 3.23. The number of ether oxygens (including phenoxy) is 1. The molecule has 4 heterocycles. The topological polar surface area (TPSA) is 50.3 Å². The van der Waals surface area contributed by atoms with E-state index < -0.39 is 0 Å². The van der Waals surface area contributed by atoms with E-state index in [0.29, 0.717) is 6.04 Å². The van der Waals surface area contributed by atoms with Crippen molar-refractivity contribution in [1.29, 1.82) is 0 Å². The van der Waals surface area contributed by atoms with Gasteiger partial charge in [0.1, 0.15) is 0 Å². The molecule has 2 aromatic rings. The van der Waals surface area contributed by atoms with Crippen LogP contribution in [0, 0.1) is 24.7 Å². The predicted molar refractivity (Wildman–Crippen MR) is 106 cm³/mol. The van der Waals surface area contributed by atoms with Gasteiger partial charge in [0.15, 0.2) is 5.82 Å². The number of rotatable bonds is 4. The Labute approximate surface area is 159 Å². The molecule has 5 rings (SSSR count). The molecule has 5 nitrogen and oxygen atoms in total. The normalized spacial score (nSPS) is 30.1. The van der Waals surface area contributed by atoms with E-state index in [9.17, 15) is 0 Å². The molecule has 0 radical (unpaired) electrons. The fourth-order valence-electron chi connectivity index (χ4n) is 5.26. The average molecular weight is 373 g/mol. The Balaban J connectivity index is 1.19. The van der Waals surface area contributed by atoms with Gasteiger partial charge in [-0.2, -0.15) is 5.10 Å². The van der Waals surface area contributed by atoms with Crippen LogP contribution in [0.2, 0.25) is 0 Å². The molecule has 0 bridgehead atoms. The summed E-state index contributed by atoms with van der Waals surface area (Å²) in [6.07, 6.45) is 5.05. The van der Waals surface area contributed by atoms with E-state index in [4.69, 9.17) is 4.74 Å². The largest absolute Gasteiger partial charge is 0.381 e. The molecule has 1 aliphatic carbocycles. The lowest BCUT2D eigenvalue weighted by molar-refractivity contribution is 0.0545. The molecule has 6 heteroatoms. The first-order chi connectivity index (χ1) is 12.8. The summed E-state index contributed by atoms with van der Waals surface area (Å²) in [5.41, 5.74) is 1.03. The number of aryl methyl sites for hydroxylation is 1. The zero-order valence-electron chi connectivity index (χ0n) is 15.5. The molecule has 3 fully saturated rings. The molecule has 26 heavy (non-hydrogen) atoms. The van der Waals surface area contributed by atoms with Crippen LogP contribution in [0.15, 0.2) is 11.4 Å². The number of nitrogens with one attached hydrogen (secondary N) is 1. The Kier molecular flexibility index (Phi) is 4.59. The Morgan fingerprint density at radius 1 is 1.19 bits per heavy atom. The number of fused-ring (bicyclic) bond motifs is 2. The molecule has 1 saturated carbocycles. The predicted octanol–water partition coefficient (Wildman–Crippen LogP) is 3.55. The highest BCUT2D eigenvalue weighted by molar-refractivity contribution is 7.17.